The molecular weight excluding hydrogens is 309 g/mol. The van der Waals surface area contributed by atoms with Crippen molar-refractivity contribution in [2.24, 2.45) is 5.73 Å². The number of anilines is 1. The Morgan fingerprint density at radius 1 is 1.42 bits per heavy atom. The van der Waals surface area contributed by atoms with E-state index in [9.17, 15) is 4.39 Å². The zero-order chi connectivity index (χ0) is 14.0. The maximum absolute atomic E-state index is 14.4. The quantitative estimate of drug-likeness (QED) is 0.925. The Morgan fingerprint density at radius 2 is 2.05 bits per heavy atom. The van der Waals surface area contributed by atoms with E-state index < -0.39 is 0 Å². The van der Waals surface area contributed by atoms with Gasteiger partial charge in [-0.2, -0.15) is 0 Å². The third kappa shape index (κ3) is 3.09. The van der Waals surface area contributed by atoms with Crippen LogP contribution in [-0.2, 0) is 6.54 Å². The van der Waals surface area contributed by atoms with Gasteiger partial charge in [0.05, 0.1) is 10.2 Å². The van der Waals surface area contributed by atoms with E-state index in [1.54, 1.807) is 0 Å². The Morgan fingerprint density at radius 3 is 2.63 bits per heavy atom. The number of hydrogen-bond donors (Lipinski definition) is 1. The molecule has 1 aliphatic heterocycles. The summed E-state index contributed by atoms with van der Waals surface area (Å²) in [7, 11) is 4.10. The molecule has 1 fully saturated rings. The average molecular weight is 330 g/mol. The summed E-state index contributed by atoms with van der Waals surface area (Å²) in [5, 5.41) is 0. The lowest BCUT2D eigenvalue weighted by molar-refractivity contribution is 0.252. The molecule has 0 atom stereocenters. The zero-order valence-corrected chi connectivity index (χ0v) is 13.1. The van der Waals surface area contributed by atoms with Gasteiger partial charge in [-0.25, -0.2) is 4.39 Å². The fraction of sp³-hybridized carbons (Fsp3) is 0.571. The smallest absolute Gasteiger partial charge is 0.160 e. The second-order valence-electron chi connectivity index (χ2n) is 5.22. The predicted molar refractivity (Wildman–Crippen MR) is 80.9 cm³/mol. The summed E-state index contributed by atoms with van der Waals surface area (Å²) in [4.78, 5) is 4.38. The minimum absolute atomic E-state index is 0.204. The second-order valence-corrected chi connectivity index (χ2v) is 6.01. The third-order valence-electron chi connectivity index (χ3n) is 3.98. The van der Waals surface area contributed by atoms with Gasteiger partial charge in [-0.15, -0.1) is 0 Å². The van der Waals surface area contributed by atoms with Crippen LogP contribution in [0.1, 0.15) is 18.4 Å². The van der Waals surface area contributed by atoms with Crippen molar-refractivity contribution in [3.63, 3.8) is 0 Å². The van der Waals surface area contributed by atoms with Crippen LogP contribution in [0.5, 0.6) is 0 Å². The number of benzene rings is 1. The van der Waals surface area contributed by atoms with Gasteiger partial charge >= 0.3 is 0 Å². The van der Waals surface area contributed by atoms with E-state index in [1.165, 1.54) is 0 Å². The summed E-state index contributed by atoms with van der Waals surface area (Å²) in [5.74, 6) is -0.204. The van der Waals surface area contributed by atoms with Gasteiger partial charge in [0.25, 0.3) is 0 Å². The SMILES string of the molecule is CN1CCC(N(C)c2ccc(CN)c(Br)c2F)CC1. The molecule has 0 aliphatic carbocycles. The zero-order valence-electron chi connectivity index (χ0n) is 11.5. The lowest BCUT2D eigenvalue weighted by Crippen LogP contribution is -2.42. The molecule has 1 heterocycles. The van der Waals surface area contributed by atoms with Crippen LogP contribution < -0.4 is 10.6 Å². The van der Waals surface area contributed by atoms with Gasteiger partial charge in [0, 0.05) is 19.6 Å². The normalized spacial score (nSPS) is 17.7. The number of piperidine rings is 1. The Hall–Kier alpha value is -0.650. The van der Waals surface area contributed by atoms with Crippen molar-refractivity contribution in [3.8, 4) is 0 Å². The van der Waals surface area contributed by atoms with Gasteiger partial charge in [0.2, 0.25) is 0 Å². The summed E-state index contributed by atoms with van der Waals surface area (Å²) >= 11 is 3.30. The summed E-state index contributed by atoms with van der Waals surface area (Å²) in [5.41, 5.74) is 7.04. The highest BCUT2D eigenvalue weighted by Crippen LogP contribution is 2.31. The van der Waals surface area contributed by atoms with Crippen molar-refractivity contribution in [2.75, 3.05) is 32.1 Å². The number of nitrogens with two attached hydrogens (primary N) is 1. The van der Waals surface area contributed by atoms with Crippen molar-refractivity contribution in [2.45, 2.75) is 25.4 Å². The van der Waals surface area contributed by atoms with Crippen molar-refractivity contribution >= 4 is 21.6 Å². The molecule has 3 nitrogen and oxygen atoms in total. The van der Waals surface area contributed by atoms with Crippen LogP contribution in [0.4, 0.5) is 10.1 Å². The first kappa shape index (κ1) is 14.8. The van der Waals surface area contributed by atoms with Crippen LogP contribution in [0, 0.1) is 5.82 Å². The van der Waals surface area contributed by atoms with E-state index in [4.69, 9.17) is 5.73 Å². The number of halogens is 2. The van der Waals surface area contributed by atoms with Crippen LogP contribution >= 0.6 is 15.9 Å². The Kier molecular flexibility index (Phi) is 4.81. The van der Waals surface area contributed by atoms with E-state index >= 15 is 0 Å². The molecule has 0 bridgehead atoms. The van der Waals surface area contributed by atoms with Crippen LogP contribution in [0.15, 0.2) is 16.6 Å². The highest BCUT2D eigenvalue weighted by atomic mass is 79.9. The van der Waals surface area contributed by atoms with Gasteiger partial charge in [-0.05, 0) is 60.5 Å². The van der Waals surface area contributed by atoms with Gasteiger partial charge in [-0.3, -0.25) is 0 Å². The van der Waals surface area contributed by atoms with Crippen LogP contribution in [0.3, 0.4) is 0 Å². The number of hydrogen-bond acceptors (Lipinski definition) is 3. The predicted octanol–water partition coefficient (Wildman–Crippen LogP) is 2.58. The molecule has 2 N–H and O–H groups in total. The number of nitrogens with zero attached hydrogens (tertiary/aromatic N) is 2. The first-order chi connectivity index (χ1) is 9.04. The van der Waals surface area contributed by atoms with E-state index in [0.717, 1.165) is 31.5 Å². The summed E-state index contributed by atoms with van der Waals surface area (Å²) < 4.78 is 14.9. The molecule has 2 rings (SSSR count). The topological polar surface area (TPSA) is 32.5 Å². The monoisotopic (exact) mass is 329 g/mol. The highest BCUT2D eigenvalue weighted by Gasteiger charge is 2.23. The molecule has 0 saturated carbocycles. The standard InChI is InChI=1S/C14H21BrFN3/c1-18-7-5-11(6-8-18)19(2)12-4-3-10(9-17)13(15)14(12)16/h3-4,11H,5-9,17H2,1-2H3. The Balaban J connectivity index is 2.19. The third-order valence-corrected chi connectivity index (χ3v) is 4.84. The minimum Gasteiger partial charge on any atom is -0.369 e. The molecule has 0 aromatic heterocycles. The van der Waals surface area contributed by atoms with Crippen molar-refractivity contribution < 1.29 is 4.39 Å². The molecule has 0 amide bonds. The molecule has 19 heavy (non-hydrogen) atoms. The molecule has 1 saturated heterocycles. The molecular formula is C14H21BrFN3. The van der Waals surface area contributed by atoms with Crippen molar-refractivity contribution in [1.82, 2.24) is 4.90 Å². The Labute approximate surface area is 122 Å². The lowest BCUT2D eigenvalue weighted by Gasteiger charge is -2.36. The first-order valence-electron chi connectivity index (χ1n) is 6.63. The summed E-state index contributed by atoms with van der Waals surface area (Å²) in [6.07, 6.45) is 2.14. The van der Waals surface area contributed by atoms with Crippen LogP contribution in [-0.4, -0.2) is 38.1 Å². The number of rotatable bonds is 3. The van der Waals surface area contributed by atoms with Gasteiger partial charge in [0.1, 0.15) is 0 Å². The molecule has 1 aromatic rings. The first-order valence-corrected chi connectivity index (χ1v) is 7.42. The molecule has 0 spiro atoms. The maximum atomic E-state index is 14.4. The highest BCUT2D eigenvalue weighted by molar-refractivity contribution is 9.10. The average Bonchev–Trinajstić information content (AvgIpc) is 2.42. The van der Waals surface area contributed by atoms with E-state index in [-0.39, 0.29) is 5.82 Å². The molecule has 1 aliphatic rings. The maximum Gasteiger partial charge on any atom is 0.160 e. The van der Waals surface area contributed by atoms with Crippen LogP contribution in [0.2, 0.25) is 0 Å². The summed E-state index contributed by atoms with van der Waals surface area (Å²) in [6, 6.07) is 4.13. The van der Waals surface area contributed by atoms with Gasteiger partial charge in [-0.1, -0.05) is 6.07 Å². The van der Waals surface area contributed by atoms with E-state index in [0.29, 0.717) is 22.7 Å². The fourth-order valence-corrected chi connectivity index (χ4v) is 3.09. The van der Waals surface area contributed by atoms with E-state index in [2.05, 4.69) is 32.8 Å². The molecule has 106 valence electrons. The molecule has 5 heteroatoms. The van der Waals surface area contributed by atoms with Gasteiger partial charge < -0.3 is 15.5 Å². The molecule has 0 unspecified atom stereocenters. The van der Waals surface area contributed by atoms with Crippen molar-refractivity contribution in [1.29, 1.82) is 0 Å². The molecule has 0 radical (unpaired) electrons. The molecule has 1 aromatic carbocycles. The minimum atomic E-state index is -0.204. The number of likely N-dealkylation sites (tertiary alicyclic amines) is 1. The fourth-order valence-electron chi connectivity index (χ4n) is 2.59. The lowest BCUT2D eigenvalue weighted by atomic mass is 10.0. The van der Waals surface area contributed by atoms with E-state index in [1.807, 2.05) is 19.2 Å². The Bertz CT molecular complexity index is 445. The van der Waals surface area contributed by atoms with Gasteiger partial charge in [0.15, 0.2) is 5.82 Å². The van der Waals surface area contributed by atoms with Crippen molar-refractivity contribution in [3.05, 3.63) is 28.0 Å². The summed E-state index contributed by atoms with van der Waals surface area (Å²) in [6.45, 7) is 2.48. The second kappa shape index (κ2) is 6.20. The van der Waals surface area contributed by atoms with Crippen LogP contribution in [0.25, 0.3) is 0 Å². The largest absolute Gasteiger partial charge is 0.369 e.